The van der Waals surface area contributed by atoms with Gasteiger partial charge in [0.15, 0.2) is 0 Å². The minimum Gasteiger partial charge on any atom is -0.383 e. The van der Waals surface area contributed by atoms with Crippen molar-refractivity contribution in [2.45, 2.75) is 19.4 Å². The van der Waals surface area contributed by atoms with Gasteiger partial charge in [-0.15, -0.1) is 0 Å². The van der Waals surface area contributed by atoms with E-state index in [9.17, 15) is 9.59 Å². The maximum absolute atomic E-state index is 12.0. The number of nitrogens with zero attached hydrogens (tertiary/aromatic N) is 1. The van der Waals surface area contributed by atoms with Crippen LogP contribution in [0.5, 0.6) is 0 Å². The number of hydrogen-bond acceptors (Lipinski definition) is 5. The fourth-order valence-electron chi connectivity index (χ4n) is 2.07. The molecule has 2 rings (SSSR count). The Labute approximate surface area is 135 Å². The van der Waals surface area contributed by atoms with Gasteiger partial charge in [-0.3, -0.25) is 9.59 Å². The Morgan fingerprint density at radius 1 is 1.30 bits per heavy atom. The van der Waals surface area contributed by atoms with E-state index >= 15 is 0 Å². The molecule has 1 aliphatic rings. The highest BCUT2D eigenvalue weighted by atomic mass is 16.6. The van der Waals surface area contributed by atoms with Crippen LogP contribution in [0, 0.1) is 6.92 Å². The first-order valence-corrected chi connectivity index (χ1v) is 7.43. The number of amides is 2. The maximum atomic E-state index is 12.0. The van der Waals surface area contributed by atoms with Crippen LogP contribution in [0.3, 0.4) is 0 Å². The fraction of sp³-hybridized carbons (Fsp3) is 0.438. The third-order valence-electron chi connectivity index (χ3n) is 3.40. The zero-order chi connectivity index (χ0) is 16.7. The zero-order valence-electron chi connectivity index (χ0n) is 13.3. The predicted molar refractivity (Wildman–Crippen MR) is 85.1 cm³/mol. The van der Waals surface area contributed by atoms with Crippen LogP contribution in [0.2, 0.25) is 0 Å². The van der Waals surface area contributed by atoms with Crippen molar-refractivity contribution in [1.29, 1.82) is 0 Å². The van der Waals surface area contributed by atoms with E-state index in [0.717, 1.165) is 16.8 Å². The summed E-state index contributed by atoms with van der Waals surface area (Å²) in [4.78, 5) is 28.7. The molecule has 0 saturated heterocycles. The fourth-order valence-corrected chi connectivity index (χ4v) is 2.07. The molecule has 1 aromatic carbocycles. The van der Waals surface area contributed by atoms with Crippen LogP contribution in [0.15, 0.2) is 29.4 Å². The van der Waals surface area contributed by atoms with Gasteiger partial charge in [-0.2, -0.15) is 0 Å². The minimum atomic E-state index is -0.696. The van der Waals surface area contributed by atoms with Gasteiger partial charge in [0.05, 0.1) is 18.9 Å². The number of ether oxygens (including phenoxy) is 1. The summed E-state index contributed by atoms with van der Waals surface area (Å²) in [7, 11) is 1.55. The van der Waals surface area contributed by atoms with Crippen LogP contribution in [0.1, 0.15) is 17.5 Å². The van der Waals surface area contributed by atoms with E-state index in [2.05, 4.69) is 15.8 Å². The molecule has 1 unspecified atom stereocenters. The summed E-state index contributed by atoms with van der Waals surface area (Å²) in [5.74, 6) is -0.620. The van der Waals surface area contributed by atoms with Crippen molar-refractivity contribution in [3.63, 3.8) is 0 Å². The van der Waals surface area contributed by atoms with E-state index in [1.807, 2.05) is 31.2 Å². The Bertz CT molecular complexity index is 583. The molecule has 7 nitrogen and oxygen atoms in total. The van der Waals surface area contributed by atoms with Crippen molar-refractivity contribution in [2.24, 2.45) is 5.16 Å². The van der Waals surface area contributed by atoms with Crippen LogP contribution in [0.25, 0.3) is 0 Å². The number of aryl methyl sites for hydroxylation is 1. The Kier molecular flexibility index (Phi) is 6.10. The molecule has 0 fully saturated rings. The van der Waals surface area contributed by atoms with Crippen molar-refractivity contribution in [3.8, 4) is 0 Å². The summed E-state index contributed by atoms with van der Waals surface area (Å²) in [5, 5.41) is 9.13. The molecule has 0 spiro atoms. The van der Waals surface area contributed by atoms with Gasteiger partial charge in [0.1, 0.15) is 0 Å². The van der Waals surface area contributed by atoms with Gasteiger partial charge in [-0.25, -0.2) is 0 Å². The lowest BCUT2D eigenvalue weighted by atomic mass is 10.0. The van der Waals surface area contributed by atoms with Gasteiger partial charge in [0.2, 0.25) is 12.0 Å². The number of benzene rings is 1. The second-order valence-electron chi connectivity index (χ2n) is 5.26. The second-order valence-corrected chi connectivity index (χ2v) is 5.26. The number of oxime groups is 1. The zero-order valence-corrected chi connectivity index (χ0v) is 13.3. The van der Waals surface area contributed by atoms with E-state index in [0.29, 0.717) is 19.6 Å². The quantitative estimate of drug-likeness (QED) is 0.711. The van der Waals surface area contributed by atoms with Crippen molar-refractivity contribution < 1.29 is 19.2 Å². The van der Waals surface area contributed by atoms with E-state index in [1.54, 1.807) is 7.11 Å². The topological polar surface area (TPSA) is 89.0 Å². The molecule has 1 atom stereocenters. The Morgan fingerprint density at radius 3 is 2.74 bits per heavy atom. The summed E-state index contributed by atoms with van der Waals surface area (Å²) in [6.45, 7) is 2.75. The highest BCUT2D eigenvalue weighted by molar-refractivity contribution is 6.04. The summed E-state index contributed by atoms with van der Waals surface area (Å²) in [6, 6.07) is 7.85. The Morgan fingerprint density at radius 2 is 2.04 bits per heavy atom. The van der Waals surface area contributed by atoms with Gasteiger partial charge in [-0.05, 0) is 12.5 Å². The molecule has 0 saturated carbocycles. The maximum Gasteiger partial charge on any atom is 0.264 e. The molecular weight excluding hydrogens is 298 g/mol. The molecule has 23 heavy (non-hydrogen) atoms. The summed E-state index contributed by atoms with van der Waals surface area (Å²) < 4.78 is 4.82. The summed E-state index contributed by atoms with van der Waals surface area (Å²) in [5.41, 5.74) is 2.82. The number of hydrogen-bond donors (Lipinski definition) is 2. The lowest BCUT2D eigenvalue weighted by Gasteiger charge is -2.09. The monoisotopic (exact) mass is 319 g/mol. The van der Waals surface area contributed by atoms with Gasteiger partial charge in [0, 0.05) is 20.1 Å². The number of carbonyl (C=O) groups excluding carboxylic acids is 2. The van der Waals surface area contributed by atoms with Gasteiger partial charge < -0.3 is 20.2 Å². The lowest BCUT2D eigenvalue weighted by Crippen LogP contribution is -2.42. The van der Waals surface area contributed by atoms with Crippen LogP contribution >= 0.6 is 0 Å². The highest BCUT2D eigenvalue weighted by Gasteiger charge is 2.28. The third-order valence-corrected chi connectivity index (χ3v) is 3.40. The molecule has 0 aromatic heterocycles. The molecule has 2 amide bonds. The molecule has 0 aliphatic carbocycles. The van der Waals surface area contributed by atoms with Gasteiger partial charge >= 0.3 is 0 Å². The highest BCUT2D eigenvalue weighted by Crippen LogP contribution is 2.17. The van der Waals surface area contributed by atoms with E-state index in [-0.39, 0.29) is 18.4 Å². The minimum absolute atomic E-state index is 0.0950. The smallest absolute Gasteiger partial charge is 0.264 e. The van der Waals surface area contributed by atoms with Crippen LogP contribution in [-0.2, 0) is 19.2 Å². The molecular formula is C16H21N3O4. The van der Waals surface area contributed by atoms with Crippen molar-refractivity contribution in [2.75, 3.05) is 26.8 Å². The van der Waals surface area contributed by atoms with Crippen molar-refractivity contribution in [1.82, 2.24) is 10.6 Å². The molecule has 124 valence electrons. The molecule has 0 bridgehead atoms. The molecule has 1 aromatic rings. The molecule has 1 aliphatic heterocycles. The number of methoxy groups -OCH3 is 1. The molecule has 1 heterocycles. The Balaban J connectivity index is 1.75. The van der Waals surface area contributed by atoms with E-state index in [4.69, 9.17) is 9.57 Å². The third kappa shape index (κ3) is 5.07. The van der Waals surface area contributed by atoms with Gasteiger partial charge in [0.25, 0.3) is 5.91 Å². The molecule has 7 heteroatoms. The molecule has 0 radical (unpaired) electrons. The van der Waals surface area contributed by atoms with E-state index in [1.165, 1.54) is 0 Å². The number of carbonyl (C=O) groups is 2. The first-order chi connectivity index (χ1) is 11.1. The molecule has 2 N–H and O–H groups in total. The standard InChI is InChI=1S/C16H21N3O4/c1-11-3-5-12(6-4-11)13-9-14(23-19-13)16(21)18-10-15(20)17-7-8-22-2/h3-6,14H,7-10H2,1-2H3,(H,17,20)(H,18,21). The van der Waals surface area contributed by atoms with E-state index < -0.39 is 6.10 Å². The SMILES string of the molecule is COCCNC(=O)CNC(=O)C1CC(c2ccc(C)cc2)=NO1. The summed E-state index contributed by atoms with van der Waals surface area (Å²) >= 11 is 0. The van der Waals surface area contributed by atoms with Crippen molar-refractivity contribution >= 4 is 17.5 Å². The summed E-state index contributed by atoms with van der Waals surface area (Å²) in [6.07, 6.45) is -0.307. The average Bonchev–Trinajstić information content (AvgIpc) is 3.03. The first-order valence-electron chi connectivity index (χ1n) is 7.43. The van der Waals surface area contributed by atoms with Gasteiger partial charge in [-0.1, -0.05) is 35.0 Å². The lowest BCUT2D eigenvalue weighted by molar-refractivity contribution is -0.133. The predicted octanol–water partition coefficient (Wildman–Crippen LogP) is 0.367. The number of rotatable bonds is 7. The Hall–Kier alpha value is -2.41. The van der Waals surface area contributed by atoms with Crippen LogP contribution in [-0.4, -0.2) is 50.4 Å². The normalized spacial score (nSPS) is 16.4. The largest absolute Gasteiger partial charge is 0.383 e. The van der Waals surface area contributed by atoms with Crippen molar-refractivity contribution in [3.05, 3.63) is 35.4 Å². The van der Waals surface area contributed by atoms with Crippen LogP contribution < -0.4 is 10.6 Å². The number of nitrogens with one attached hydrogen (secondary N) is 2. The average molecular weight is 319 g/mol. The first kappa shape index (κ1) is 17.0. The van der Waals surface area contributed by atoms with Crippen LogP contribution in [0.4, 0.5) is 0 Å². The second kappa shape index (κ2) is 8.28.